The molecule has 1 aliphatic carbocycles. The maximum absolute atomic E-state index is 11.7. The highest BCUT2D eigenvalue weighted by atomic mass is 35.5. The van der Waals surface area contributed by atoms with Crippen LogP contribution in [0.25, 0.3) is 0 Å². The third-order valence-electron chi connectivity index (χ3n) is 2.85. The maximum atomic E-state index is 11.7. The number of carbonyl (C=O) groups is 1. The average molecular weight is 263 g/mol. The van der Waals surface area contributed by atoms with Crippen molar-refractivity contribution in [2.24, 2.45) is 11.0 Å². The molecule has 1 amide bonds. The minimum Gasteiger partial charge on any atom is -0.267 e. The third kappa shape index (κ3) is 3.70. The average Bonchev–Trinajstić information content (AvgIpc) is 2.40. The van der Waals surface area contributed by atoms with E-state index in [1.807, 2.05) is 6.21 Å². The van der Waals surface area contributed by atoms with E-state index in [4.69, 9.17) is 11.6 Å². The zero-order valence-corrected chi connectivity index (χ0v) is 10.7. The van der Waals surface area contributed by atoms with Gasteiger partial charge in [-0.1, -0.05) is 29.8 Å². The van der Waals surface area contributed by atoms with Crippen molar-refractivity contribution in [3.63, 3.8) is 0 Å². The van der Waals surface area contributed by atoms with Gasteiger partial charge in [0.1, 0.15) is 0 Å². The quantitative estimate of drug-likeness (QED) is 0.506. The highest BCUT2D eigenvalue weighted by Gasteiger charge is 2.07. The standard InChI is InChI=1S/C14H15ClN2O/c15-13-8-4-7-12(9-13)14(18)17-16-10-11-5-2-1-3-6-11/h1-2,4,7-11H,3,5-6H2,(H,17,18)/b16-10-/t11-/m0/s1. The molecule has 18 heavy (non-hydrogen) atoms. The van der Waals surface area contributed by atoms with Crippen molar-refractivity contribution in [3.8, 4) is 0 Å². The topological polar surface area (TPSA) is 41.5 Å². The lowest BCUT2D eigenvalue weighted by atomic mass is 9.96. The van der Waals surface area contributed by atoms with Crippen LogP contribution in [0.5, 0.6) is 0 Å². The second-order valence-corrected chi connectivity index (χ2v) is 4.71. The fourth-order valence-corrected chi connectivity index (χ4v) is 2.04. The molecule has 0 spiro atoms. The molecule has 0 heterocycles. The van der Waals surface area contributed by atoms with Crippen LogP contribution in [0.2, 0.25) is 5.02 Å². The van der Waals surface area contributed by atoms with Crippen LogP contribution in [0.15, 0.2) is 41.5 Å². The number of hydrogen-bond donors (Lipinski definition) is 1. The summed E-state index contributed by atoms with van der Waals surface area (Å²) in [6, 6.07) is 6.80. The van der Waals surface area contributed by atoms with E-state index in [1.54, 1.807) is 24.3 Å². The summed E-state index contributed by atoms with van der Waals surface area (Å²) in [6.45, 7) is 0. The predicted octanol–water partition coefficient (Wildman–Crippen LogP) is 3.41. The number of amides is 1. The molecule has 1 aliphatic rings. The third-order valence-corrected chi connectivity index (χ3v) is 3.08. The lowest BCUT2D eigenvalue weighted by molar-refractivity contribution is 0.0955. The van der Waals surface area contributed by atoms with Gasteiger partial charge in [0, 0.05) is 16.8 Å². The molecule has 4 heteroatoms. The number of nitrogens with zero attached hydrogens (tertiary/aromatic N) is 1. The van der Waals surface area contributed by atoms with Crippen LogP contribution < -0.4 is 5.43 Å². The SMILES string of the molecule is O=C(N/N=C\[C@H]1CC=CCC1)c1cccc(Cl)c1. The normalized spacial score (nSPS) is 19.1. The van der Waals surface area contributed by atoms with Crippen LogP contribution in [0, 0.1) is 5.92 Å². The molecule has 0 radical (unpaired) electrons. The second-order valence-electron chi connectivity index (χ2n) is 4.27. The molecular formula is C14H15ClN2O. The van der Waals surface area contributed by atoms with Crippen LogP contribution in [0.1, 0.15) is 29.6 Å². The van der Waals surface area contributed by atoms with Crippen LogP contribution in [0.3, 0.4) is 0 Å². The van der Waals surface area contributed by atoms with Gasteiger partial charge < -0.3 is 0 Å². The van der Waals surface area contributed by atoms with Crippen molar-refractivity contribution in [2.45, 2.75) is 19.3 Å². The fourth-order valence-electron chi connectivity index (χ4n) is 1.85. The van der Waals surface area contributed by atoms with Gasteiger partial charge in [0.25, 0.3) is 5.91 Å². The largest absolute Gasteiger partial charge is 0.271 e. The van der Waals surface area contributed by atoms with E-state index in [-0.39, 0.29) is 5.91 Å². The van der Waals surface area contributed by atoms with E-state index in [2.05, 4.69) is 22.7 Å². The van der Waals surface area contributed by atoms with Gasteiger partial charge in [-0.2, -0.15) is 5.10 Å². The Bertz CT molecular complexity index is 482. The number of hydrazone groups is 1. The Morgan fingerprint density at radius 2 is 2.33 bits per heavy atom. The lowest BCUT2D eigenvalue weighted by Crippen LogP contribution is -2.18. The van der Waals surface area contributed by atoms with Gasteiger partial charge in [-0.25, -0.2) is 5.43 Å². The van der Waals surface area contributed by atoms with Gasteiger partial charge >= 0.3 is 0 Å². The molecule has 94 valence electrons. The zero-order valence-electron chi connectivity index (χ0n) is 9.97. The minimum absolute atomic E-state index is 0.236. The first kappa shape index (κ1) is 12.8. The molecule has 0 aliphatic heterocycles. The highest BCUT2D eigenvalue weighted by molar-refractivity contribution is 6.30. The maximum Gasteiger partial charge on any atom is 0.271 e. The molecule has 1 atom stereocenters. The van der Waals surface area contributed by atoms with Crippen molar-refractivity contribution in [1.82, 2.24) is 5.43 Å². The number of halogens is 1. The van der Waals surface area contributed by atoms with E-state index >= 15 is 0 Å². The van der Waals surface area contributed by atoms with Gasteiger partial charge in [0.2, 0.25) is 0 Å². The van der Waals surface area contributed by atoms with E-state index in [9.17, 15) is 4.79 Å². The molecule has 0 unspecified atom stereocenters. The van der Waals surface area contributed by atoms with E-state index in [0.717, 1.165) is 19.3 Å². The molecule has 0 bridgehead atoms. The zero-order chi connectivity index (χ0) is 12.8. The van der Waals surface area contributed by atoms with Gasteiger partial charge in [0.05, 0.1) is 0 Å². The van der Waals surface area contributed by atoms with Crippen LogP contribution in [-0.4, -0.2) is 12.1 Å². The van der Waals surface area contributed by atoms with Gasteiger partial charge in [-0.15, -0.1) is 0 Å². The second kappa shape index (κ2) is 6.36. The number of hydrogen-bond acceptors (Lipinski definition) is 2. The molecule has 0 fully saturated rings. The molecule has 0 saturated carbocycles. The Kier molecular flexibility index (Phi) is 4.53. The highest BCUT2D eigenvalue weighted by Crippen LogP contribution is 2.15. The number of rotatable bonds is 3. The monoisotopic (exact) mass is 262 g/mol. The van der Waals surface area contributed by atoms with Crippen molar-refractivity contribution < 1.29 is 4.79 Å². The first-order valence-corrected chi connectivity index (χ1v) is 6.37. The number of nitrogens with one attached hydrogen (secondary N) is 1. The van der Waals surface area contributed by atoms with Crippen molar-refractivity contribution in [3.05, 3.63) is 47.0 Å². The Labute approximate surface area is 112 Å². The number of allylic oxidation sites excluding steroid dienone is 2. The van der Waals surface area contributed by atoms with E-state index in [1.165, 1.54) is 0 Å². The number of carbonyl (C=O) groups excluding carboxylic acids is 1. The molecule has 2 rings (SSSR count). The van der Waals surface area contributed by atoms with Crippen LogP contribution in [-0.2, 0) is 0 Å². The van der Waals surface area contributed by atoms with Crippen LogP contribution in [0.4, 0.5) is 0 Å². The van der Waals surface area contributed by atoms with E-state index in [0.29, 0.717) is 16.5 Å². The first-order valence-electron chi connectivity index (χ1n) is 6.00. The van der Waals surface area contributed by atoms with E-state index < -0.39 is 0 Å². The summed E-state index contributed by atoms with van der Waals surface area (Å²) in [5.74, 6) is 0.190. The molecule has 3 nitrogen and oxygen atoms in total. The fraction of sp³-hybridized carbons (Fsp3) is 0.286. The van der Waals surface area contributed by atoms with Gasteiger partial charge in [-0.3, -0.25) is 4.79 Å². The Morgan fingerprint density at radius 1 is 1.44 bits per heavy atom. The summed E-state index contributed by atoms with van der Waals surface area (Å²) in [7, 11) is 0. The molecular weight excluding hydrogens is 248 g/mol. The molecule has 1 aromatic carbocycles. The molecule has 0 aromatic heterocycles. The van der Waals surface area contributed by atoms with Gasteiger partial charge in [0.15, 0.2) is 0 Å². The Balaban J connectivity index is 1.88. The summed E-state index contributed by atoms with van der Waals surface area (Å²) in [5.41, 5.74) is 3.04. The summed E-state index contributed by atoms with van der Waals surface area (Å²) in [5, 5.41) is 4.54. The summed E-state index contributed by atoms with van der Waals surface area (Å²) < 4.78 is 0. The Morgan fingerprint density at radius 3 is 3.06 bits per heavy atom. The minimum atomic E-state index is -0.236. The van der Waals surface area contributed by atoms with Gasteiger partial charge in [-0.05, 0) is 43.4 Å². The first-order chi connectivity index (χ1) is 8.75. The van der Waals surface area contributed by atoms with Crippen molar-refractivity contribution in [2.75, 3.05) is 0 Å². The van der Waals surface area contributed by atoms with Crippen molar-refractivity contribution in [1.29, 1.82) is 0 Å². The number of benzene rings is 1. The molecule has 1 aromatic rings. The molecule has 1 N–H and O–H groups in total. The molecule has 0 saturated heterocycles. The predicted molar refractivity (Wildman–Crippen MR) is 73.9 cm³/mol. The smallest absolute Gasteiger partial charge is 0.267 e. The Hall–Kier alpha value is -1.61. The summed E-state index contributed by atoms with van der Waals surface area (Å²) >= 11 is 5.82. The van der Waals surface area contributed by atoms with Crippen molar-refractivity contribution >= 4 is 23.7 Å². The lowest BCUT2D eigenvalue weighted by Gasteiger charge is -2.11. The summed E-state index contributed by atoms with van der Waals surface area (Å²) in [4.78, 5) is 11.7. The summed E-state index contributed by atoms with van der Waals surface area (Å²) in [6.07, 6.45) is 9.31. The van der Waals surface area contributed by atoms with Crippen LogP contribution >= 0.6 is 11.6 Å².